The third-order valence-corrected chi connectivity index (χ3v) is 3.02. The summed E-state index contributed by atoms with van der Waals surface area (Å²) >= 11 is 0. The molecule has 1 saturated carbocycles. The van der Waals surface area contributed by atoms with Gasteiger partial charge in [-0.3, -0.25) is 0 Å². The van der Waals surface area contributed by atoms with Crippen LogP contribution in [0.4, 0.5) is 0 Å². The molecule has 3 heteroatoms. The Balaban J connectivity index is 1.77. The van der Waals surface area contributed by atoms with Gasteiger partial charge in [0.05, 0.1) is 0 Å². The molecule has 1 aromatic carbocycles. The summed E-state index contributed by atoms with van der Waals surface area (Å²) in [7, 11) is 0. The van der Waals surface area contributed by atoms with Gasteiger partial charge in [0.1, 0.15) is 6.61 Å². The molecule has 1 aromatic rings. The lowest BCUT2D eigenvalue weighted by Gasteiger charge is -2.26. The minimum absolute atomic E-state index is 0.261. The number of fused-ring (bicyclic) bond motifs is 1. The topological polar surface area (TPSA) is 41.5 Å². The number of aromatic hydroxyl groups is 1. The van der Waals surface area contributed by atoms with Crippen molar-refractivity contribution >= 4 is 0 Å². The van der Waals surface area contributed by atoms with Crippen molar-refractivity contribution < 1.29 is 9.84 Å². The maximum atomic E-state index is 9.59. The molecule has 1 aliphatic heterocycles. The van der Waals surface area contributed by atoms with Gasteiger partial charge in [0.2, 0.25) is 0 Å². The highest BCUT2D eigenvalue weighted by molar-refractivity contribution is 5.47. The van der Waals surface area contributed by atoms with E-state index in [1.54, 1.807) is 6.07 Å². The first kappa shape index (κ1) is 9.04. The molecule has 0 saturated heterocycles. The minimum atomic E-state index is 0.261. The highest BCUT2D eigenvalue weighted by Gasteiger charge is 2.28. The zero-order chi connectivity index (χ0) is 10.3. The van der Waals surface area contributed by atoms with Crippen LogP contribution in [0.5, 0.6) is 11.5 Å². The lowest BCUT2D eigenvalue weighted by Crippen LogP contribution is -2.40. The highest BCUT2D eigenvalue weighted by Crippen LogP contribution is 2.34. The van der Waals surface area contributed by atoms with Gasteiger partial charge < -0.3 is 15.2 Å². The van der Waals surface area contributed by atoms with E-state index >= 15 is 0 Å². The van der Waals surface area contributed by atoms with Crippen molar-refractivity contribution in [2.24, 2.45) is 0 Å². The maximum Gasteiger partial charge on any atom is 0.164 e. The number of phenols is 1. The Bertz CT molecular complexity index is 374. The standard InChI is InChI=1S/C12H15NO2/c14-11-3-1-2-8-6-10(7-15-12(8)11)13-9-4-5-9/h1-3,9-10,13-14H,4-7H2. The Hall–Kier alpha value is -1.22. The van der Waals surface area contributed by atoms with Gasteiger partial charge >= 0.3 is 0 Å². The molecule has 1 atom stereocenters. The van der Waals surface area contributed by atoms with Crippen LogP contribution in [0.25, 0.3) is 0 Å². The molecular weight excluding hydrogens is 190 g/mol. The molecule has 0 amide bonds. The Labute approximate surface area is 89.1 Å². The van der Waals surface area contributed by atoms with Crippen LogP contribution in [0.1, 0.15) is 18.4 Å². The number of para-hydroxylation sites is 1. The van der Waals surface area contributed by atoms with E-state index in [-0.39, 0.29) is 5.75 Å². The molecule has 3 rings (SSSR count). The lowest BCUT2D eigenvalue weighted by molar-refractivity contribution is 0.228. The summed E-state index contributed by atoms with van der Waals surface area (Å²) in [5.41, 5.74) is 1.11. The number of nitrogens with one attached hydrogen (secondary N) is 1. The molecule has 3 nitrogen and oxygen atoms in total. The van der Waals surface area contributed by atoms with Crippen molar-refractivity contribution in [2.75, 3.05) is 6.61 Å². The van der Waals surface area contributed by atoms with E-state index in [1.807, 2.05) is 12.1 Å². The van der Waals surface area contributed by atoms with E-state index in [2.05, 4.69) is 5.32 Å². The number of phenolic OH excluding ortho intramolecular Hbond substituents is 1. The fourth-order valence-corrected chi connectivity index (χ4v) is 2.10. The third kappa shape index (κ3) is 1.79. The van der Waals surface area contributed by atoms with Gasteiger partial charge in [-0.2, -0.15) is 0 Å². The molecule has 1 fully saturated rings. The number of benzene rings is 1. The Kier molecular flexibility index (Phi) is 2.06. The van der Waals surface area contributed by atoms with Crippen LogP contribution in [-0.4, -0.2) is 23.8 Å². The van der Waals surface area contributed by atoms with E-state index in [0.29, 0.717) is 24.4 Å². The van der Waals surface area contributed by atoms with E-state index in [1.165, 1.54) is 12.8 Å². The Morgan fingerprint density at radius 2 is 2.13 bits per heavy atom. The molecule has 0 aromatic heterocycles. The van der Waals surface area contributed by atoms with Crippen LogP contribution < -0.4 is 10.1 Å². The second kappa shape index (κ2) is 3.42. The number of rotatable bonds is 2. The normalized spacial score (nSPS) is 24.4. The average Bonchev–Trinajstić information content (AvgIpc) is 3.02. The van der Waals surface area contributed by atoms with Crippen molar-refractivity contribution in [1.29, 1.82) is 0 Å². The number of hydrogen-bond acceptors (Lipinski definition) is 3. The second-order valence-electron chi connectivity index (χ2n) is 4.42. The molecular formula is C12H15NO2. The van der Waals surface area contributed by atoms with Gasteiger partial charge in [0, 0.05) is 12.1 Å². The molecule has 1 aliphatic carbocycles. The van der Waals surface area contributed by atoms with Crippen molar-refractivity contribution in [3.05, 3.63) is 23.8 Å². The van der Waals surface area contributed by atoms with Gasteiger partial charge in [-0.15, -0.1) is 0 Å². The smallest absolute Gasteiger partial charge is 0.164 e. The van der Waals surface area contributed by atoms with E-state index in [9.17, 15) is 5.11 Å². The SMILES string of the molecule is Oc1cccc2c1OCC(NC1CC1)C2. The van der Waals surface area contributed by atoms with Crippen LogP contribution in [-0.2, 0) is 6.42 Å². The first-order chi connectivity index (χ1) is 7.33. The summed E-state index contributed by atoms with van der Waals surface area (Å²) in [4.78, 5) is 0. The number of ether oxygens (including phenoxy) is 1. The van der Waals surface area contributed by atoms with Crippen molar-refractivity contribution in [3.8, 4) is 11.5 Å². The molecule has 80 valence electrons. The Morgan fingerprint density at radius 3 is 2.93 bits per heavy atom. The zero-order valence-corrected chi connectivity index (χ0v) is 8.57. The fourth-order valence-electron chi connectivity index (χ4n) is 2.10. The van der Waals surface area contributed by atoms with Gasteiger partial charge in [0.25, 0.3) is 0 Å². The summed E-state index contributed by atoms with van der Waals surface area (Å²) in [6.07, 6.45) is 3.55. The first-order valence-electron chi connectivity index (χ1n) is 5.52. The molecule has 0 spiro atoms. The van der Waals surface area contributed by atoms with Gasteiger partial charge in [-0.25, -0.2) is 0 Å². The average molecular weight is 205 g/mol. The summed E-state index contributed by atoms with van der Waals surface area (Å²) in [6, 6.07) is 6.68. The summed E-state index contributed by atoms with van der Waals surface area (Å²) in [5, 5.41) is 13.1. The van der Waals surface area contributed by atoms with Crippen LogP contribution in [0, 0.1) is 0 Å². The summed E-state index contributed by atoms with van der Waals surface area (Å²) in [5.74, 6) is 0.934. The Morgan fingerprint density at radius 1 is 1.27 bits per heavy atom. The second-order valence-corrected chi connectivity index (χ2v) is 4.42. The molecule has 0 bridgehead atoms. The molecule has 1 unspecified atom stereocenters. The summed E-state index contributed by atoms with van der Waals surface area (Å²) in [6.45, 7) is 0.668. The van der Waals surface area contributed by atoms with Gasteiger partial charge in [-0.1, -0.05) is 12.1 Å². The van der Waals surface area contributed by atoms with Crippen LogP contribution >= 0.6 is 0 Å². The quantitative estimate of drug-likeness (QED) is 0.767. The number of hydrogen-bond donors (Lipinski definition) is 2. The van der Waals surface area contributed by atoms with Gasteiger partial charge in [0.15, 0.2) is 11.5 Å². The van der Waals surface area contributed by atoms with Gasteiger partial charge in [-0.05, 0) is 30.9 Å². The maximum absolute atomic E-state index is 9.59. The first-order valence-corrected chi connectivity index (χ1v) is 5.52. The minimum Gasteiger partial charge on any atom is -0.504 e. The van der Waals surface area contributed by atoms with E-state index in [0.717, 1.165) is 12.0 Å². The summed E-state index contributed by atoms with van der Waals surface area (Å²) < 4.78 is 5.58. The lowest BCUT2D eigenvalue weighted by atomic mass is 10.0. The molecule has 15 heavy (non-hydrogen) atoms. The third-order valence-electron chi connectivity index (χ3n) is 3.02. The van der Waals surface area contributed by atoms with Crippen molar-refractivity contribution in [3.63, 3.8) is 0 Å². The predicted molar refractivity (Wildman–Crippen MR) is 57.3 cm³/mol. The molecule has 0 radical (unpaired) electrons. The fraction of sp³-hybridized carbons (Fsp3) is 0.500. The van der Waals surface area contributed by atoms with Crippen molar-refractivity contribution in [2.45, 2.75) is 31.3 Å². The van der Waals surface area contributed by atoms with Crippen molar-refractivity contribution in [1.82, 2.24) is 5.32 Å². The monoisotopic (exact) mass is 205 g/mol. The zero-order valence-electron chi connectivity index (χ0n) is 8.57. The predicted octanol–water partition coefficient (Wildman–Crippen LogP) is 1.45. The van der Waals surface area contributed by atoms with E-state index in [4.69, 9.17) is 4.74 Å². The largest absolute Gasteiger partial charge is 0.504 e. The van der Waals surface area contributed by atoms with E-state index < -0.39 is 0 Å². The molecule has 2 aliphatic rings. The molecule has 1 heterocycles. The van der Waals surface area contributed by atoms with Crippen LogP contribution in [0.15, 0.2) is 18.2 Å². The molecule has 2 N–H and O–H groups in total. The van der Waals surface area contributed by atoms with Crippen LogP contribution in [0.2, 0.25) is 0 Å². The highest BCUT2D eigenvalue weighted by atomic mass is 16.5. The van der Waals surface area contributed by atoms with Crippen LogP contribution in [0.3, 0.4) is 0 Å².